The van der Waals surface area contributed by atoms with Crippen molar-refractivity contribution in [1.29, 1.82) is 0 Å². The van der Waals surface area contributed by atoms with Crippen LogP contribution in [0.25, 0.3) is 0 Å². The molecule has 150 valence electrons. The van der Waals surface area contributed by atoms with E-state index in [4.69, 9.17) is 14.2 Å². The zero-order chi connectivity index (χ0) is 19.3. The predicted octanol–water partition coefficient (Wildman–Crippen LogP) is 5.14. The van der Waals surface area contributed by atoms with Crippen molar-refractivity contribution in [1.82, 2.24) is 0 Å². The summed E-state index contributed by atoms with van der Waals surface area (Å²) in [4.78, 5) is 12.7. The van der Waals surface area contributed by atoms with Gasteiger partial charge in [0.05, 0.1) is 13.2 Å². The van der Waals surface area contributed by atoms with E-state index in [0.717, 1.165) is 12.3 Å². The van der Waals surface area contributed by atoms with Crippen molar-refractivity contribution in [2.24, 2.45) is 17.3 Å². The van der Waals surface area contributed by atoms with Gasteiger partial charge < -0.3 is 14.2 Å². The summed E-state index contributed by atoms with van der Waals surface area (Å²) < 4.78 is 17.6. The van der Waals surface area contributed by atoms with Crippen LogP contribution in [0.5, 0.6) is 5.75 Å². The largest absolute Gasteiger partial charge is 0.426 e. The Kier molecular flexibility index (Phi) is 6.93. The molecule has 4 nitrogen and oxygen atoms in total. The lowest BCUT2D eigenvalue weighted by Gasteiger charge is -2.40. The van der Waals surface area contributed by atoms with Gasteiger partial charge in [0.1, 0.15) is 11.2 Å². The minimum absolute atomic E-state index is 0.169. The number of ether oxygens (including phenoxy) is 3. The maximum atomic E-state index is 12.7. The lowest BCUT2D eigenvalue weighted by Crippen LogP contribution is -2.49. The van der Waals surface area contributed by atoms with E-state index < -0.39 is 5.41 Å². The maximum absolute atomic E-state index is 12.7. The fraction of sp³-hybridized carbons (Fsp3) is 0.696. The number of rotatable bonds is 6. The number of carbonyl (C=O) groups is 1. The van der Waals surface area contributed by atoms with Crippen LogP contribution in [0.4, 0.5) is 0 Å². The monoisotopic (exact) mass is 374 g/mol. The molecule has 0 unspecified atom stereocenters. The van der Waals surface area contributed by atoms with Crippen molar-refractivity contribution in [2.45, 2.75) is 72.0 Å². The lowest BCUT2D eigenvalue weighted by atomic mass is 9.79. The molecule has 4 heteroatoms. The van der Waals surface area contributed by atoms with Crippen molar-refractivity contribution in [2.75, 3.05) is 13.2 Å². The molecule has 0 radical (unpaired) electrons. The number of aryl methyl sites for hydroxylation is 1. The van der Waals surface area contributed by atoms with Crippen LogP contribution in [-0.4, -0.2) is 25.5 Å². The number of esters is 1. The molecule has 27 heavy (non-hydrogen) atoms. The molecule has 0 aromatic heterocycles. The average molecular weight is 375 g/mol. The standard InChI is InChI=1S/C23H34O4/c1-4-6-18-7-11-19(12-8-18)21-25-15-23(3,16-26-21)22(24)27-20-13-9-17(5-2)10-14-20/h9-10,13-14,18-19,21H,4-8,11-12,15-16H2,1-3H3/t18-,19-,21?,23?. The molecule has 3 rings (SSSR count). The number of hydrogen-bond acceptors (Lipinski definition) is 4. The van der Waals surface area contributed by atoms with Gasteiger partial charge in [0.2, 0.25) is 0 Å². The Balaban J connectivity index is 1.48. The van der Waals surface area contributed by atoms with Gasteiger partial charge in [-0.15, -0.1) is 0 Å². The Morgan fingerprint density at radius 3 is 2.26 bits per heavy atom. The third-order valence-electron chi connectivity index (χ3n) is 6.14. The first kappa shape index (κ1) is 20.3. The highest BCUT2D eigenvalue weighted by molar-refractivity contribution is 5.79. The molecule has 1 heterocycles. The second-order valence-corrected chi connectivity index (χ2v) is 8.51. The molecular formula is C23H34O4. The number of benzene rings is 1. The molecule has 1 aromatic carbocycles. The number of hydrogen-bond donors (Lipinski definition) is 0. The highest BCUT2D eigenvalue weighted by Gasteiger charge is 2.43. The van der Waals surface area contributed by atoms with E-state index in [2.05, 4.69) is 13.8 Å². The molecule has 1 aliphatic heterocycles. The summed E-state index contributed by atoms with van der Waals surface area (Å²) in [7, 11) is 0. The Morgan fingerprint density at radius 1 is 1.07 bits per heavy atom. The predicted molar refractivity (Wildman–Crippen MR) is 106 cm³/mol. The van der Waals surface area contributed by atoms with Crippen LogP contribution in [-0.2, 0) is 20.7 Å². The zero-order valence-electron chi connectivity index (χ0n) is 17.0. The first-order valence-corrected chi connectivity index (χ1v) is 10.6. The fourth-order valence-corrected chi connectivity index (χ4v) is 4.19. The van der Waals surface area contributed by atoms with Crippen molar-refractivity contribution in [3.63, 3.8) is 0 Å². The molecule has 0 bridgehead atoms. The van der Waals surface area contributed by atoms with E-state index in [-0.39, 0.29) is 12.3 Å². The van der Waals surface area contributed by atoms with Gasteiger partial charge in [-0.05, 0) is 62.6 Å². The van der Waals surface area contributed by atoms with Crippen molar-refractivity contribution in [3.8, 4) is 5.75 Å². The molecule has 0 amide bonds. The van der Waals surface area contributed by atoms with E-state index in [9.17, 15) is 4.79 Å². The van der Waals surface area contributed by atoms with E-state index in [1.165, 1.54) is 44.1 Å². The van der Waals surface area contributed by atoms with E-state index in [0.29, 0.717) is 24.9 Å². The van der Waals surface area contributed by atoms with Crippen molar-refractivity contribution < 1.29 is 19.0 Å². The minimum Gasteiger partial charge on any atom is -0.426 e. The Hall–Kier alpha value is -1.39. The summed E-state index contributed by atoms with van der Waals surface area (Å²) in [5.74, 6) is 1.63. The fourth-order valence-electron chi connectivity index (χ4n) is 4.19. The first-order valence-electron chi connectivity index (χ1n) is 10.6. The van der Waals surface area contributed by atoms with Crippen LogP contribution in [0.15, 0.2) is 24.3 Å². The quantitative estimate of drug-likeness (QED) is 0.511. The topological polar surface area (TPSA) is 44.8 Å². The Bertz CT molecular complexity index is 593. The van der Waals surface area contributed by atoms with Crippen molar-refractivity contribution in [3.05, 3.63) is 29.8 Å². The van der Waals surface area contributed by atoms with Crippen LogP contribution < -0.4 is 4.74 Å². The Labute approximate surface area is 163 Å². The van der Waals surface area contributed by atoms with E-state index in [1.807, 2.05) is 31.2 Å². The molecule has 2 aliphatic rings. The molecule has 1 saturated carbocycles. The van der Waals surface area contributed by atoms with Crippen LogP contribution in [0, 0.1) is 17.3 Å². The molecule has 0 N–H and O–H groups in total. The van der Waals surface area contributed by atoms with Gasteiger partial charge in [-0.3, -0.25) is 4.79 Å². The SMILES string of the molecule is CCC[C@H]1CC[C@H](C2OCC(C)(C(=O)Oc3ccc(CC)cc3)CO2)CC1. The van der Waals surface area contributed by atoms with Gasteiger partial charge in [-0.2, -0.15) is 0 Å². The summed E-state index contributed by atoms with van der Waals surface area (Å²) in [6.45, 7) is 6.95. The van der Waals surface area contributed by atoms with Crippen molar-refractivity contribution >= 4 is 5.97 Å². The average Bonchev–Trinajstić information content (AvgIpc) is 2.70. The second-order valence-electron chi connectivity index (χ2n) is 8.51. The lowest BCUT2D eigenvalue weighted by molar-refractivity contribution is -0.250. The minimum atomic E-state index is -0.751. The normalized spacial score (nSPS) is 31.4. The third kappa shape index (κ3) is 5.11. The molecule has 1 aromatic rings. The summed E-state index contributed by atoms with van der Waals surface area (Å²) >= 11 is 0. The van der Waals surface area contributed by atoms with Gasteiger partial charge in [-0.25, -0.2) is 0 Å². The second kappa shape index (κ2) is 9.20. The summed E-state index contributed by atoms with van der Waals surface area (Å²) in [6.07, 6.45) is 8.28. The van der Waals surface area contributed by atoms with Gasteiger partial charge in [0.25, 0.3) is 0 Å². The van der Waals surface area contributed by atoms with Crippen LogP contribution >= 0.6 is 0 Å². The Morgan fingerprint density at radius 2 is 1.70 bits per heavy atom. The molecule has 0 atom stereocenters. The maximum Gasteiger partial charge on any atom is 0.321 e. The summed E-state index contributed by atoms with van der Waals surface area (Å²) in [5, 5.41) is 0. The third-order valence-corrected chi connectivity index (χ3v) is 6.14. The smallest absolute Gasteiger partial charge is 0.321 e. The van der Waals surface area contributed by atoms with Gasteiger partial charge in [0.15, 0.2) is 6.29 Å². The van der Waals surface area contributed by atoms with Gasteiger partial charge in [-0.1, -0.05) is 38.8 Å². The van der Waals surface area contributed by atoms with E-state index >= 15 is 0 Å². The van der Waals surface area contributed by atoms with E-state index in [1.54, 1.807) is 0 Å². The van der Waals surface area contributed by atoms with Crippen LogP contribution in [0.1, 0.15) is 64.9 Å². The first-order chi connectivity index (χ1) is 13.0. The molecule has 2 fully saturated rings. The number of carbonyl (C=O) groups excluding carboxylic acids is 1. The molecular weight excluding hydrogens is 340 g/mol. The van der Waals surface area contributed by atoms with Gasteiger partial charge in [0, 0.05) is 5.92 Å². The highest BCUT2D eigenvalue weighted by Crippen LogP contribution is 2.37. The van der Waals surface area contributed by atoms with Gasteiger partial charge >= 0.3 is 5.97 Å². The van der Waals surface area contributed by atoms with Crippen LogP contribution in [0.2, 0.25) is 0 Å². The zero-order valence-corrected chi connectivity index (χ0v) is 17.0. The molecule has 0 spiro atoms. The van der Waals surface area contributed by atoms with Crippen LogP contribution in [0.3, 0.4) is 0 Å². The molecule has 1 saturated heterocycles. The summed E-state index contributed by atoms with van der Waals surface area (Å²) in [6, 6.07) is 7.68. The highest BCUT2D eigenvalue weighted by atomic mass is 16.7. The summed E-state index contributed by atoms with van der Waals surface area (Å²) in [5.41, 5.74) is 0.473. The molecule has 1 aliphatic carbocycles.